The van der Waals surface area contributed by atoms with Crippen molar-refractivity contribution in [1.82, 2.24) is 4.98 Å². The topological polar surface area (TPSA) is 84.7 Å². The van der Waals surface area contributed by atoms with Gasteiger partial charge in [-0.1, -0.05) is 6.07 Å². The van der Waals surface area contributed by atoms with Crippen LogP contribution in [-0.2, 0) is 22.7 Å². The van der Waals surface area contributed by atoms with Crippen molar-refractivity contribution in [3.05, 3.63) is 52.2 Å². The molecule has 2 aliphatic rings. The standard InChI is InChI=1S/C22H23N3O4/c1-14-9-19(22(26)27-2)20(11-23)24-21(14)25-7-5-17(6-8-25)29-18-4-3-15-12-28-13-16(15)10-18/h3-4,9-10,17H,5-8,12-13H2,1-2H3. The minimum absolute atomic E-state index is 0.0937. The number of nitriles is 1. The van der Waals surface area contributed by atoms with Crippen LogP contribution in [0.15, 0.2) is 24.3 Å². The van der Waals surface area contributed by atoms with Gasteiger partial charge in [0.2, 0.25) is 0 Å². The Bertz CT molecular complexity index is 975. The number of fused-ring (bicyclic) bond motifs is 1. The van der Waals surface area contributed by atoms with Crippen LogP contribution in [0.1, 0.15) is 45.6 Å². The molecule has 0 saturated carbocycles. The number of esters is 1. The molecule has 0 bridgehead atoms. The summed E-state index contributed by atoms with van der Waals surface area (Å²) in [4.78, 5) is 18.5. The van der Waals surface area contributed by atoms with Gasteiger partial charge in [0.05, 0.1) is 25.9 Å². The third-order valence-corrected chi connectivity index (χ3v) is 5.43. The highest BCUT2D eigenvalue weighted by molar-refractivity contribution is 5.92. The molecule has 2 aromatic rings. The van der Waals surface area contributed by atoms with Gasteiger partial charge < -0.3 is 19.1 Å². The number of pyridine rings is 1. The highest BCUT2D eigenvalue weighted by atomic mass is 16.5. The van der Waals surface area contributed by atoms with Crippen LogP contribution in [0.4, 0.5) is 5.82 Å². The van der Waals surface area contributed by atoms with Crippen LogP contribution in [0.2, 0.25) is 0 Å². The lowest BCUT2D eigenvalue weighted by Crippen LogP contribution is -2.39. The maximum atomic E-state index is 11.9. The maximum Gasteiger partial charge on any atom is 0.340 e. The van der Waals surface area contributed by atoms with Gasteiger partial charge in [0.1, 0.15) is 23.7 Å². The zero-order chi connectivity index (χ0) is 20.4. The molecule has 7 nitrogen and oxygen atoms in total. The molecular weight excluding hydrogens is 370 g/mol. The minimum Gasteiger partial charge on any atom is -0.490 e. The van der Waals surface area contributed by atoms with Gasteiger partial charge >= 0.3 is 5.97 Å². The van der Waals surface area contributed by atoms with Gasteiger partial charge in [-0.15, -0.1) is 0 Å². The Kier molecular flexibility index (Phi) is 5.36. The molecule has 1 aromatic carbocycles. The lowest BCUT2D eigenvalue weighted by atomic mass is 10.1. The number of hydrogen-bond acceptors (Lipinski definition) is 7. The number of aromatic nitrogens is 1. The summed E-state index contributed by atoms with van der Waals surface area (Å²) in [6.45, 7) is 4.77. The second-order valence-corrected chi connectivity index (χ2v) is 7.36. The van der Waals surface area contributed by atoms with Crippen molar-refractivity contribution in [2.24, 2.45) is 0 Å². The Morgan fingerprint density at radius 3 is 2.72 bits per heavy atom. The molecule has 0 atom stereocenters. The molecule has 3 heterocycles. The Balaban J connectivity index is 1.43. The highest BCUT2D eigenvalue weighted by Gasteiger charge is 2.25. The molecule has 0 spiro atoms. The lowest BCUT2D eigenvalue weighted by molar-refractivity contribution is 0.0600. The summed E-state index contributed by atoms with van der Waals surface area (Å²) < 4.78 is 16.4. The van der Waals surface area contributed by atoms with Crippen LogP contribution in [0.5, 0.6) is 5.75 Å². The van der Waals surface area contributed by atoms with E-state index in [1.165, 1.54) is 18.2 Å². The van der Waals surface area contributed by atoms with Crippen molar-refractivity contribution >= 4 is 11.8 Å². The predicted molar refractivity (Wildman–Crippen MR) is 106 cm³/mol. The van der Waals surface area contributed by atoms with Crippen molar-refractivity contribution in [3.63, 3.8) is 0 Å². The average Bonchev–Trinajstić information content (AvgIpc) is 3.21. The van der Waals surface area contributed by atoms with E-state index in [2.05, 4.69) is 22.0 Å². The van der Waals surface area contributed by atoms with E-state index in [4.69, 9.17) is 14.2 Å². The summed E-state index contributed by atoms with van der Waals surface area (Å²) in [5.41, 5.74) is 3.58. The summed E-state index contributed by atoms with van der Waals surface area (Å²) in [5, 5.41) is 9.38. The molecule has 1 saturated heterocycles. The molecule has 0 N–H and O–H groups in total. The van der Waals surface area contributed by atoms with Crippen molar-refractivity contribution in [2.45, 2.75) is 39.1 Å². The third-order valence-electron chi connectivity index (χ3n) is 5.43. The van der Waals surface area contributed by atoms with E-state index >= 15 is 0 Å². The van der Waals surface area contributed by atoms with E-state index < -0.39 is 5.97 Å². The zero-order valence-electron chi connectivity index (χ0n) is 16.6. The first-order chi connectivity index (χ1) is 14.1. The van der Waals surface area contributed by atoms with E-state index in [1.54, 1.807) is 6.07 Å². The van der Waals surface area contributed by atoms with Crippen LogP contribution in [0.25, 0.3) is 0 Å². The third kappa shape index (κ3) is 3.89. The summed E-state index contributed by atoms with van der Waals surface area (Å²) >= 11 is 0. The SMILES string of the molecule is COC(=O)c1cc(C)c(N2CCC(Oc3ccc4c(c3)COC4)CC2)nc1C#N. The molecule has 0 amide bonds. The predicted octanol–water partition coefficient (Wildman–Crippen LogP) is 3.13. The summed E-state index contributed by atoms with van der Waals surface area (Å²) in [6.07, 6.45) is 1.85. The summed E-state index contributed by atoms with van der Waals surface area (Å²) in [5.74, 6) is 1.08. The Labute approximate surface area is 169 Å². The number of anilines is 1. The van der Waals surface area contributed by atoms with Crippen LogP contribution in [0.3, 0.4) is 0 Å². The molecule has 2 aliphatic heterocycles. The summed E-state index contributed by atoms with van der Waals surface area (Å²) in [7, 11) is 1.30. The quantitative estimate of drug-likeness (QED) is 0.738. The number of carbonyl (C=O) groups is 1. The molecule has 29 heavy (non-hydrogen) atoms. The largest absolute Gasteiger partial charge is 0.490 e. The Morgan fingerprint density at radius 1 is 1.24 bits per heavy atom. The number of ether oxygens (including phenoxy) is 3. The average molecular weight is 393 g/mol. The number of rotatable bonds is 4. The zero-order valence-corrected chi connectivity index (χ0v) is 16.6. The van der Waals surface area contributed by atoms with Gasteiger partial charge in [-0.05, 0) is 41.8 Å². The number of benzene rings is 1. The number of carbonyl (C=O) groups excluding carboxylic acids is 1. The molecule has 0 unspecified atom stereocenters. The molecule has 150 valence electrons. The van der Waals surface area contributed by atoms with Crippen molar-refractivity contribution in [2.75, 3.05) is 25.1 Å². The van der Waals surface area contributed by atoms with Gasteiger partial charge in [-0.25, -0.2) is 9.78 Å². The number of nitrogens with zero attached hydrogens (tertiary/aromatic N) is 3. The Morgan fingerprint density at radius 2 is 2.00 bits per heavy atom. The van der Waals surface area contributed by atoms with Gasteiger partial charge in [0, 0.05) is 25.9 Å². The maximum absolute atomic E-state index is 11.9. The second kappa shape index (κ2) is 8.10. The van der Waals surface area contributed by atoms with E-state index in [0.717, 1.165) is 43.1 Å². The first kappa shape index (κ1) is 19.2. The fraction of sp³-hybridized carbons (Fsp3) is 0.409. The molecular formula is C22H23N3O4. The fourth-order valence-electron chi connectivity index (χ4n) is 3.87. The number of methoxy groups -OCH3 is 1. The smallest absolute Gasteiger partial charge is 0.340 e. The van der Waals surface area contributed by atoms with Gasteiger partial charge in [-0.2, -0.15) is 5.26 Å². The van der Waals surface area contributed by atoms with Gasteiger partial charge in [0.25, 0.3) is 0 Å². The monoisotopic (exact) mass is 393 g/mol. The summed E-state index contributed by atoms with van der Waals surface area (Å²) in [6, 6.07) is 9.85. The van der Waals surface area contributed by atoms with E-state index in [1.807, 2.05) is 19.1 Å². The van der Waals surface area contributed by atoms with Crippen molar-refractivity contribution < 1.29 is 19.0 Å². The second-order valence-electron chi connectivity index (χ2n) is 7.36. The van der Waals surface area contributed by atoms with Crippen molar-refractivity contribution in [1.29, 1.82) is 5.26 Å². The van der Waals surface area contributed by atoms with Crippen LogP contribution >= 0.6 is 0 Å². The van der Waals surface area contributed by atoms with E-state index in [0.29, 0.717) is 13.2 Å². The van der Waals surface area contributed by atoms with E-state index in [9.17, 15) is 10.1 Å². The van der Waals surface area contributed by atoms with Crippen LogP contribution < -0.4 is 9.64 Å². The van der Waals surface area contributed by atoms with E-state index in [-0.39, 0.29) is 17.4 Å². The molecule has 1 aromatic heterocycles. The first-order valence-electron chi connectivity index (χ1n) is 9.70. The Hall–Kier alpha value is -3.11. The van der Waals surface area contributed by atoms with Crippen LogP contribution in [0, 0.1) is 18.3 Å². The van der Waals surface area contributed by atoms with Gasteiger partial charge in [0.15, 0.2) is 5.69 Å². The first-order valence-corrected chi connectivity index (χ1v) is 9.70. The minimum atomic E-state index is -0.546. The lowest BCUT2D eigenvalue weighted by Gasteiger charge is -2.34. The number of piperidine rings is 1. The normalized spacial score (nSPS) is 16.2. The number of aryl methyl sites for hydroxylation is 1. The molecule has 1 fully saturated rings. The number of hydrogen-bond donors (Lipinski definition) is 0. The van der Waals surface area contributed by atoms with Gasteiger partial charge in [-0.3, -0.25) is 0 Å². The highest BCUT2D eigenvalue weighted by Crippen LogP contribution is 2.28. The van der Waals surface area contributed by atoms with Crippen molar-refractivity contribution in [3.8, 4) is 11.8 Å². The molecule has 7 heteroatoms. The van der Waals surface area contributed by atoms with Crippen LogP contribution in [-0.4, -0.2) is 37.3 Å². The molecule has 0 aliphatic carbocycles. The fourth-order valence-corrected chi connectivity index (χ4v) is 3.87. The molecule has 4 rings (SSSR count). The molecule has 0 radical (unpaired) electrons.